The zero-order valence-corrected chi connectivity index (χ0v) is 9.57. The van der Waals surface area contributed by atoms with E-state index in [1.54, 1.807) is 5.32 Å². The van der Waals surface area contributed by atoms with Crippen LogP contribution in [0.15, 0.2) is 18.2 Å². The molecule has 92 valence electrons. The number of nitro groups is 1. The molecule has 0 bridgehead atoms. The van der Waals surface area contributed by atoms with Gasteiger partial charge in [0.05, 0.1) is 10.6 Å². The van der Waals surface area contributed by atoms with Crippen molar-refractivity contribution >= 4 is 33.2 Å². The summed E-state index contributed by atoms with van der Waals surface area (Å²) in [7, 11) is 0. The highest BCUT2D eigenvalue weighted by atomic mass is 79.9. The molecule has 9 heteroatoms. The lowest BCUT2D eigenvalue weighted by molar-refractivity contribution is -0.384. The van der Waals surface area contributed by atoms with Crippen molar-refractivity contribution in [3.05, 3.63) is 28.3 Å². The number of alkyl halides is 3. The van der Waals surface area contributed by atoms with Gasteiger partial charge in [-0.15, -0.1) is 0 Å². The zero-order valence-electron chi connectivity index (χ0n) is 7.99. The van der Waals surface area contributed by atoms with E-state index in [1.165, 1.54) is 0 Å². The van der Waals surface area contributed by atoms with Crippen LogP contribution < -0.4 is 5.32 Å². The van der Waals surface area contributed by atoms with E-state index < -0.39 is 32.8 Å². The van der Waals surface area contributed by atoms with Crippen LogP contribution in [0.2, 0.25) is 0 Å². The molecule has 1 amide bonds. The number of nitro benzene ring substituents is 1. The van der Waals surface area contributed by atoms with Gasteiger partial charge in [0.1, 0.15) is 5.75 Å². The summed E-state index contributed by atoms with van der Waals surface area (Å²) in [6.07, 6.45) is 0. The van der Waals surface area contributed by atoms with Crippen molar-refractivity contribution in [1.82, 2.24) is 0 Å². The Balaban J connectivity index is 3.02. The number of nitrogens with one attached hydrogen (secondary N) is 1. The predicted octanol–water partition coefficient (Wildman–Crippen LogP) is 2.23. The van der Waals surface area contributed by atoms with Gasteiger partial charge in [-0.05, 0) is 6.07 Å². The minimum atomic E-state index is -3.83. The Morgan fingerprint density at radius 3 is 2.59 bits per heavy atom. The number of nitrogens with zero attached hydrogens (tertiary/aromatic N) is 1. The smallest absolute Gasteiger partial charge is 0.378 e. The van der Waals surface area contributed by atoms with Crippen molar-refractivity contribution in [3.8, 4) is 5.75 Å². The third-order valence-corrected chi connectivity index (χ3v) is 2.06. The first-order valence-corrected chi connectivity index (χ1v) is 4.86. The van der Waals surface area contributed by atoms with Crippen LogP contribution in [0, 0.1) is 10.1 Å². The second-order valence-corrected chi connectivity index (χ2v) is 3.91. The topological polar surface area (TPSA) is 92.5 Å². The molecule has 0 aliphatic rings. The van der Waals surface area contributed by atoms with Crippen LogP contribution in [-0.2, 0) is 4.79 Å². The van der Waals surface area contributed by atoms with Gasteiger partial charge in [0.25, 0.3) is 5.69 Å². The molecule has 0 radical (unpaired) electrons. The van der Waals surface area contributed by atoms with Crippen molar-refractivity contribution in [2.75, 3.05) is 5.32 Å². The molecule has 0 aliphatic carbocycles. The second kappa shape index (κ2) is 4.62. The van der Waals surface area contributed by atoms with Gasteiger partial charge >= 0.3 is 10.7 Å². The van der Waals surface area contributed by atoms with Gasteiger partial charge in [-0.3, -0.25) is 14.9 Å². The number of hydrogen-bond acceptors (Lipinski definition) is 4. The fourth-order valence-electron chi connectivity index (χ4n) is 0.931. The van der Waals surface area contributed by atoms with Gasteiger partial charge in [0, 0.05) is 28.1 Å². The molecule has 0 unspecified atom stereocenters. The molecule has 0 atom stereocenters. The quantitative estimate of drug-likeness (QED) is 0.387. The van der Waals surface area contributed by atoms with Crippen LogP contribution in [0.3, 0.4) is 0 Å². The SMILES string of the molecule is O=C(Nc1cc([N+](=O)[O-])ccc1O)C(F)(F)Br. The number of carbonyl (C=O) groups excluding carboxylic acids is 1. The van der Waals surface area contributed by atoms with E-state index in [-0.39, 0.29) is 0 Å². The average Bonchev–Trinajstić information content (AvgIpc) is 2.19. The molecule has 0 spiro atoms. The van der Waals surface area contributed by atoms with Crippen molar-refractivity contribution < 1.29 is 23.6 Å². The molecule has 17 heavy (non-hydrogen) atoms. The molecule has 1 rings (SSSR count). The van der Waals surface area contributed by atoms with Gasteiger partial charge in [-0.25, -0.2) is 0 Å². The van der Waals surface area contributed by atoms with Gasteiger partial charge < -0.3 is 10.4 Å². The van der Waals surface area contributed by atoms with Crippen molar-refractivity contribution in [1.29, 1.82) is 0 Å². The molecule has 2 N–H and O–H groups in total. The highest BCUT2D eigenvalue weighted by molar-refractivity contribution is 9.10. The van der Waals surface area contributed by atoms with Crippen LogP contribution in [0.1, 0.15) is 0 Å². The lowest BCUT2D eigenvalue weighted by Crippen LogP contribution is -2.28. The molecule has 6 nitrogen and oxygen atoms in total. The number of halogens is 3. The minimum absolute atomic E-state index is 0.448. The van der Waals surface area contributed by atoms with Gasteiger partial charge in [-0.2, -0.15) is 8.78 Å². The normalized spacial score (nSPS) is 11.0. The van der Waals surface area contributed by atoms with E-state index in [1.807, 2.05) is 15.9 Å². The summed E-state index contributed by atoms with van der Waals surface area (Å²) < 4.78 is 25.0. The third-order valence-electron chi connectivity index (χ3n) is 1.70. The van der Waals surface area contributed by atoms with Gasteiger partial charge in [0.2, 0.25) is 0 Å². The van der Waals surface area contributed by atoms with Crippen LogP contribution in [0.25, 0.3) is 0 Å². The van der Waals surface area contributed by atoms with Crippen molar-refractivity contribution in [3.63, 3.8) is 0 Å². The molecule has 0 aromatic heterocycles. The maximum absolute atomic E-state index is 12.5. The van der Waals surface area contributed by atoms with E-state index in [9.17, 15) is 28.8 Å². The summed E-state index contributed by atoms with van der Waals surface area (Å²) in [5.74, 6) is -2.30. The Kier molecular flexibility index (Phi) is 3.61. The van der Waals surface area contributed by atoms with E-state index in [4.69, 9.17) is 0 Å². The van der Waals surface area contributed by atoms with Crippen molar-refractivity contribution in [2.45, 2.75) is 4.83 Å². The summed E-state index contributed by atoms with van der Waals surface area (Å²) in [5.41, 5.74) is -0.917. The summed E-state index contributed by atoms with van der Waals surface area (Å²) in [6, 6.07) is 2.66. The fourth-order valence-corrected chi connectivity index (χ4v) is 1.03. The van der Waals surface area contributed by atoms with Crippen LogP contribution in [-0.4, -0.2) is 20.8 Å². The van der Waals surface area contributed by atoms with Crippen molar-refractivity contribution in [2.24, 2.45) is 0 Å². The molecule has 0 saturated heterocycles. The number of phenolic OH excluding ortho intramolecular Hbond substituents is 1. The van der Waals surface area contributed by atoms with Crippen LogP contribution >= 0.6 is 15.9 Å². The number of rotatable bonds is 3. The first kappa shape index (κ1) is 13.3. The Morgan fingerprint density at radius 1 is 1.53 bits per heavy atom. The number of carbonyl (C=O) groups is 1. The number of benzene rings is 1. The second-order valence-electron chi connectivity index (χ2n) is 2.91. The predicted molar refractivity (Wildman–Crippen MR) is 57.3 cm³/mol. The van der Waals surface area contributed by atoms with Gasteiger partial charge in [0.15, 0.2) is 0 Å². The van der Waals surface area contributed by atoms with E-state index in [0.29, 0.717) is 0 Å². The summed E-state index contributed by atoms with van der Waals surface area (Å²) in [6.45, 7) is 0. The van der Waals surface area contributed by atoms with Crippen LogP contribution in [0.5, 0.6) is 5.75 Å². The average molecular weight is 311 g/mol. The molecule has 1 aromatic rings. The standard InChI is InChI=1S/C8H5BrF2N2O4/c9-8(10,11)7(15)12-5-3-4(13(16)17)1-2-6(5)14/h1-3,14H,(H,12,15). The maximum Gasteiger partial charge on any atom is 0.378 e. The number of anilines is 1. The number of non-ortho nitro benzene ring substituents is 1. The molecule has 0 fully saturated rings. The van der Waals surface area contributed by atoms with E-state index in [0.717, 1.165) is 18.2 Å². The monoisotopic (exact) mass is 310 g/mol. The molecule has 0 aliphatic heterocycles. The van der Waals surface area contributed by atoms with Gasteiger partial charge in [-0.1, -0.05) is 0 Å². The lowest BCUT2D eigenvalue weighted by Gasteiger charge is -2.10. The molecular formula is C8H5BrF2N2O4. The largest absolute Gasteiger partial charge is 0.506 e. The Labute approximate surface area is 102 Å². The zero-order chi connectivity index (χ0) is 13.2. The molecule has 1 aromatic carbocycles. The molecule has 0 saturated carbocycles. The Morgan fingerprint density at radius 2 is 2.12 bits per heavy atom. The minimum Gasteiger partial charge on any atom is -0.506 e. The molecule has 0 heterocycles. The highest BCUT2D eigenvalue weighted by Gasteiger charge is 2.35. The summed E-state index contributed by atoms with van der Waals surface area (Å²) in [5, 5.41) is 21.3. The van der Waals surface area contributed by atoms with E-state index >= 15 is 0 Å². The number of hydrogen-bond donors (Lipinski definition) is 2. The number of phenols is 1. The van der Waals surface area contributed by atoms with Crippen LogP contribution in [0.4, 0.5) is 20.2 Å². The highest BCUT2D eigenvalue weighted by Crippen LogP contribution is 2.30. The Bertz CT molecular complexity index is 475. The molecular weight excluding hydrogens is 306 g/mol. The summed E-state index contributed by atoms with van der Waals surface area (Å²) >= 11 is 1.81. The Hall–Kier alpha value is -1.77. The summed E-state index contributed by atoms with van der Waals surface area (Å²) in [4.78, 5) is 16.7. The number of amides is 1. The third kappa shape index (κ3) is 3.34. The maximum atomic E-state index is 12.5. The first-order valence-electron chi connectivity index (χ1n) is 4.07. The fraction of sp³-hybridized carbons (Fsp3) is 0.125. The van der Waals surface area contributed by atoms with E-state index in [2.05, 4.69) is 0 Å². The lowest BCUT2D eigenvalue weighted by atomic mass is 10.2. The first-order chi connectivity index (χ1) is 7.71. The number of aromatic hydroxyl groups is 1.